The van der Waals surface area contributed by atoms with E-state index in [1.165, 1.54) is 6.07 Å². The van der Waals surface area contributed by atoms with Crippen LogP contribution < -0.4 is 0 Å². The average molecular weight is 337 g/mol. The zero-order valence-electron chi connectivity index (χ0n) is 13.4. The van der Waals surface area contributed by atoms with Gasteiger partial charge in [0.1, 0.15) is 0 Å². The smallest absolute Gasteiger partial charge is 0.303 e. The number of aliphatic carboxylic acids is 1. The van der Waals surface area contributed by atoms with Gasteiger partial charge in [-0.05, 0) is 55.2 Å². The highest BCUT2D eigenvalue weighted by molar-refractivity contribution is 5.83. The molecule has 2 aliphatic rings. The van der Waals surface area contributed by atoms with Gasteiger partial charge in [0.15, 0.2) is 11.6 Å². The van der Waals surface area contributed by atoms with Gasteiger partial charge in [-0.3, -0.25) is 9.59 Å². The summed E-state index contributed by atoms with van der Waals surface area (Å²) in [7, 11) is 0. The number of carbonyl (C=O) groups excluding carboxylic acids is 1. The lowest BCUT2D eigenvalue weighted by Gasteiger charge is -2.33. The number of halogens is 2. The molecular weight excluding hydrogens is 316 g/mol. The molecule has 4 nitrogen and oxygen atoms in total. The van der Waals surface area contributed by atoms with Crippen LogP contribution in [0.3, 0.4) is 0 Å². The number of likely N-dealkylation sites (tertiary alicyclic amines) is 1. The van der Waals surface area contributed by atoms with Crippen molar-refractivity contribution in [1.82, 2.24) is 4.90 Å². The van der Waals surface area contributed by atoms with E-state index in [2.05, 4.69) is 0 Å². The van der Waals surface area contributed by atoms with E-state index in [4.69, 9.17) is 5.11 Å². The number of nitrogens with zero attached hydrogens (tertiary/aromatic N) is 1. The number of rotatable bonds is 5. The molecule has 24 heavy (non-hydrogen) atoms. The first-order valence-electron chi connectivity index (χ1n) is 8.41. The molecule has 3 atom stereocenters. The van der Waals surface area contributed by atoms with Crippen LogP contribution in [0.5, 0.6) is 0 Å². The average Bonchev–Trinajstić information content (AvgIpc) is 3.35. The molecule has 0 aromatic heterocycles. The van der Waals surface area contributed by atoms with Gasteiger partial charge in [0.05, 0.1) is 0 Å². The van der Waals surface area contributed by atoms with Crippen LogP contribution in [0.4, 0.5) is 8.78 Å². The second-order valence-electron chi connectivity index (χ2n) is 6.85. The Labute approximate surface area is 139 Å². The number of hydrogen-bond acceptors (Lipinski definition) is 2. The van der Waals surface area contributed by atoms with Crippen molar-refractivity contribution in [1.29, 1.82) is 0 Å². The van der Waals surface area contributed by atoms with Gasteiger partial charge in [0, 0.05) is 25.4 Å². The third-order valence-electron chi connectivity index (χ3n) is 5.08. The summed E-state index contributed by atoms with van der Waals surface area (Å²) >= 11 is 0. The van der Waals surface area contributed by atoms with Gasteiger partial charge in [-0.2, -0.15) is 0 Å². The molecule has 1 N–H and O–H groups in total. The number of benzene rings is 1. The third-order valence-corrected chi connectivity index (χ3v) is 5.08. The molecule has 6 heteroatoms. The Balaban J connectivity index is 1.57. The molecule has 1 saturated heterocycles. The van der Waals surface area contributed by atoms with Gasteiger partial charge in [-0.1, -0.05) is 6.07 Å². The minimum atomic E-state index is -0.877. The fraction of sp³-hybridized carbons (Fsp3) is 0.556. The van der Waals surface area contributed by atoms with E-state index in [9.17, 15) is 18.4 Å². The van der Waals surface area contributed by atoms with Crippen LogP contribution in [0, 0.1) is 23.5 Å². The molecule has 1 amide bonds. The molecule has 1 aromatic carbocycles. The fourth-order valence-electron chi connectivity index (χ4n) is 3.64. The van der Waals surface area contributed by atoms with E-state index >= 15 is 0 Å². The number of carbonyl (C=O) groups is 2. The van der Waals surface area contributed by atoms with Gasteiger partial charge >= 0.3 is 5.97 Å². The van der Waals surface area contributed by atoms with Crippen molar-refractivity contribution >= 4 is 11.9 Å². The van der Waals surface area contributed by atoms with Gasteiger partial charge in [0.2, 0.25) is 5.91 Å². The van der Waals surface area contributed by atoms with Crippen LogP contribution >= 0.6 is 0 Å². The Morgan fingerprint density at radius 1 is 1.25 bits per heavy atom. The summed E-state index contributed by atoms with van der Waals surface area (Å²) in [6.45, 7) is 1.30. The lowest BCUT2D eigenvalue weighted by molar-refractivity contribution is -0.137. The Bertz CT molecular complexity index is 649. The van der Waals surface area contributed by atoms with Gasteiger partial charge in [0.25, 0.3) is 0 Å². The molecular formula is C18H21F2NO3. The van der Waals surface area contributed by atoms with Crippen LogP contribution in [0.2, 0.25) is 0 Å². The van der Waals surface area contributed by atoms with Crippen molar-refractivity contribution in [3.63, 3.8) is 0 Å². The van der Waals surface area contributed by atoms with Crippen LogP contribution in [0.15, 0.2) is 18.2 Å². The van der Waals surface area contributed by atoms with Crippen LogP contribution in [-0.2, 0) is 9.59 Å². The van der Waals surface area contributed by atoms with E-state index in [1.54, 1.807) is 6.07 Å². The van der Waals surface area contributed by atoms with Crippen molar-refractivity contribution in [2.75, 3.05) is 13.1 Å². The zero-order chi connectivity index (χ0) is 17.3. The first-order chi connectivity index (χ1) is 11.5. The Morgan fingerprint density at radius 2 is 2.04 bits per heavy atom. The Morgan fingerprint density at radius 3 is 2.75 bits per heavy atom. The summed E-state index contributed by atoms with van der Waals surface area (Å²) in [5.74, 6) is -2.46. The molecule has 0 spiro atoms. The van der Waals surface area contributed by atoms with Crippen molar-refractivity contribution < 1.29 is 23.5 Å². The van der Waals surface area contributed by atoms with Crippen LogP contribution in [0.25, 0.3) is 0 Å². The molecule has 1 heterocycles. The standard InChI is InChI=1S/C18H21F2NO3/c19-15-5-4-12(8-16(15)20)13-9-14(13)18(24)21-7-1-2-11(10-21)3-6-17(22)23/h4-5,8,11,13-14H,1-3,6-7,9-10H2,(H,22,23)/t11-,13+,14-/m0/s1. The second-order valence-corrected chi connectivity index (χ2v) is 6.85. The van der Waals surface area contributed by atoms with Gasteiger partial charge in [-0.25, -0.2) is 8.78 Å². The van der Waals surface area contributed by atoms with Crippen molar-refractivity contribution in [3.05, 3.63) is 35.4 Å². The van der Waals surface area contributed by atoms with E-state index in [0.717, 1.165) is 18.9 Å². The normalized spacial score (nSPS) is 26.2. The molecule has 1 saturated carbocycles. The van der Waals surface area contributed by atoms with Crippen molar-refractivity contribution in [2.45, 2.75) is 38.0 Å². The zero-order valence-corrected chi connectivity index (χ0v) is 13.4. The third kappa shape index (κ3) is 3.74. The SMILES string of the molecule is O=C(O)CC[C@@H]1CCCN(C(=O)[C@H]2C[C@@H]2c2ccc(F)c(F)c2)C1. The maximum Gasteiger partial charge on any atom is 0.303 e. The lowest BCUT2D eigenvalue weighted by atomic mass is 9.93. The quantitative estimate of drug-likeness (QED) is 0.898. The Hall–Kier alpha value is -1.98. The summed E-state index contributed by atoms with van der Waals surface area (Å²) in [6.07, 6.45) is 3.23. The van der Waals surface area contributed by atoms with Gasteiger partial charge in [-0.15, -0.1) is 0 Å². The van der Waals surface area contributed by atoms with E-state index in [0.29, 0.717) is 31.5 Å². The molecule has 1 aliphatic carbocycles. The summed E-state index contributed by atoms with van der Waals surface area (Å²) in [5, 5.41) is 8.78. The van der Waals surface area contributed by atoms with Crippen LogP contribution in [0.1, 0.15) is 43.6 Å². The molecule has 1 aromatic rings. The number of piperidine rings is 1. The highest BCUT2D eigenvalue weighted by Gasteiger charge is 2.46. The second kappa shape index (κ2) is 6.87. The number of carboxylic acid groups (broad SMARTS) is 1. The molecule has 2 fully saturated rings. The van der Waals surface area contributed by atoms with Crippen molar-refractivity contribution in [2.24, 2.45) is 11.8 Å². The molecule has 130 valence electrons. The summed E-state index contributed by atoms with van der Waals surface area (Å²) in [4.78, 5) is 25.1. The number of carboxylic acids is 1. The molecule has 3 rings (SSSR count). The summed E-state index contributed by atoms with van der Waals surface area (Å²) in [6, 6.07) is 3.83. The summed E-state index contributed by atoms with van der Waals surface area (Å²) in [5.41, 5.74) is 0.673. The molecule has 0 radical (unpaired) electrons. The first-order valence-corrected chi connectivity index (χ1v) is 8.41. The first kappa shape index (κ1) is 16.9. The predicted octanol–water partition coefficient (Wildman–Crippen LogP) is 3.17. The highest BCUT2D eigenvalue weighted by atomic mass is 19.2. The minimum absolute atomic E-state index is 0.0352. The monoisotopic (exact) mass is 337 g/mol. The maximum absolute atomic E-state index is 13.3. The van der Waals surface area contributed by atoms with Crippen molar-refractivity contribution in [3.8, 4) is 0 Å². The van der Waals surface area contributed by atoms with E-state index in [-0.39, 0.29) is 30.1 Å². The lowest BCUT2D eigenvalue weighted by Crippen LogP contribution is -2.41. The Kier molecular flexibility index (Phi) is 4.83. The number of amides is 1. The number of hydrogen-bond donors (Lipinski definition) is 1. The highest BCUT2D eigenvalue weighted by Crippen LogP contribution is 2.49. The summed E-state index contributed by atoms with van der Waals surface area (Å²) < 4.78 is 26.3. The molecule has 0 unspecified atom stereocenters. The van der Waals surface area contributed by atoms with E-state index in [1.807, 2.05) is 4.90 Å². The van der Waals surface area contributed by atoms with E-state index < -0.39 is 17.6 Å². The predicted molar refractivity (Wildman–Crippen MR) is 83.4 cm³/mol. The minimum Gasteiger partial charge on any atom is -0.481 e. The van der Waals surface area contributed by atoms with Gasteiger partial charge < -0.3 is 10.0 Å². The molecule has 0 bridgehead atoms. The fourth-order valence-corrected chi connectivity index (χ4v) is 3.64. The molecule has 1 aliphatic heterocycles. The maximum atomic E-state index is 13.3. The largest absolute Gasteiger partial charge is 0.481 e. The topological polar surface area (TPSA) is 57.6 Å². The van der Waals surface area contributed by atoms with Crippen LogP contribution in [-0.4, -0.2) is 35.0 Å².